The first-order valence-corrected chi connectivity index (χ1v) is 5.91. The third-order valence-corrected chi connectivity index (χ3v) is 3.18. The van der Waals surface area contributed by atoms with Crippen molar-refractivity contribution in [2.45, 2.75) is 50.8 Å². The molecule has 0 aromatic rings. The van der Waals surface area contributed by atoms with Gasteiger partial charge >= 0.3 is 0 Å². The lowest BCUT2D eigenvalue weighted by Crippen LogP contribution is -2.41. The predicted octanol–water partition coefficient (Wildman–Crippen LogP) is 0.584. The zero-order chi connectivity index (χ0) is 9.97. The zero-order valence-electron chi connectivity index (χ0n) is 9.08. The van der Waals surface area contributed by atoms with Crippen LogP contribution in [0.5, 0.6) is 0 Å². The number of nitrogens with one attached hydrogen (secondary N) is 1. The van der Waals surface area contributed by atoms with Gasteiger partial charge < -0.3 is 10.4 Å². The summed E-state index contributed by atoms with van der Waals surface area (Å²) in [6.07, 6.45) is 5.11. The van der Waals surface area contributed by atoms with Gasteiger partial charge in [-0.05, 0) is 39.2 Å². The molecule has 3 nitrogen and oxygen atoms in total. The Morgan fingerprint density at radius 2 is 2.21 bits per heavy atom. The molecule has 1 saturated heterocycles. The van der Waals surface area contributed by atoms with E-state index in [1.807, 2.05) is 6.92 Å². The van der Waals surface area contributed by atoms with Crippen LogP contribution in [0.2, 0.25) is 0 Å². The second-order valence-electron chi connectivity index (χ2n) is 4.83. The van der Waals surface area contributed by atoms with E-state index in [1.54, 1.807) is 0 Å². The number of aliphatic hydroxyl groups is 1. The molecular formula is C11H22N2O. The molecule has 1 unspecified atom stereocenters. The minimum absolute atomic E-state index is 0.183. The van der Waals surface area contributed by atoms with E-state index in [-0.39, 0.29) is 6.10 Å². The molecule has 0 aromatic heterocycles. The quantitative estimate of drug-likeness (QED) is 0.678. The van der Waals surface area contributed by atoms with Gasteiger partial charge in [-0.25, -0.2) is 0 Å². The summed E-state index contributed by atoms with van der Waals surface area (Å²) < 4.78 is 0. The molecule has 82 valence electrons. The lowest BCUT2D eigenvalue weighted by molar-refractivity contribution is 0.116. The van der Waals surface area contributed by atoms with Gasteiger partial charge in [0, 0.05) is 25.2 Å². The van der Waals surface area contributed by atoms with E-state index in [4.69, 9.17) is 0 Å². The summed E-state index contributed by atoms with van der Waals surface area (Å²) in [6, 6.07) is 1.45. The van der Waals surface area contributed by atoms with Gasteiger partial charge in [0.25, 0.3) is 0 Å². The molecule has 1 saturated carbocycles. The van der Waals surface area contributed by atoms with Crippen molar-refractivity contribution in [1.29, 1.82) is 0 Å². The lowest BCUT2D eigenvalue weighted by Gasteiger charge is -2.26. The molecular weight excluding hydrogens is 176 g/mol. The summed E-state index contributed by atoms with van der Waals surface area (Å²) in [5, 5.41) is 12.9. The third kappa shape index (κ3) is 2.94. The topological polar surface area (TPSA) is 35.5 Å². The second kappa shape index (κ2) is 4.60. The Kier molecular flexibility index (Phi) is 3.42. The predicted molar refractivity (Wildman–Crippen MR) is 57.3 cm³/mol. The molecule has 0 amide bonds. The molecule has 1 aliphatic heterocycles. The number of hydrogen-bond donors (Lipinski definition) is 2. The van der Waals surface area contributed by atoms with E-state index in [2.05, 4.69) is 10.2 Å². The molecule has 0 radical (unpaired) electrons. The molecule has 1 heterocycles. The van der Waals surface area contributed by atoms with Crippen molar-refractivity contribution < 1.29 is 5.11 Å². The van der Waals surface area contributed by atoms with Gasteiger partial charge in [0.2, 0.25) is 0 Å². The van der Waals surface area contributed by atoms with Crippen LogP contribution in [0, 0.1) is 0 Å². The fraction of sp³-hybridized carbons (Fsp3) is 1.00. The van der Waals surface area contributed by atoms with Gasteiger partial charge in [0.1, 0.15) is 0 Å². The van der Waals surface area contributed by atoms with E-state index < -0.39 is 0 Å². The van der Waals surface area contributed by atoms with Crippen LogP contribution in [-0.4, -0.2) is 47.8 Å². The van der Waals surface area contributed by atoms with Crippen molar-refractivity contribution in [1.82, 2.24) is 10.2 Å². The summed E-state index contributed by atoms with van der Waals surface area (Å²) in [5.41, 5.74) is 0. The second-order valence-corrected chi connectivity index (χ2v) is 4.83. The SMILES string of the molecule is C[C@@H](O)CN(CC1CCCN1)C1CC1. The molecule has 14 heavy (non-hydrogen) atoms. The lowest BCUT2D eigenvalue weighted by atomic mass is 10.2. The summed E-state index contributed by atoms with van der Waals surface area (Å²) >= 11 is 0. The average molecular weight is 198 g/mol. The minimum Gasteiger partial charge on any atom is -0.392 e. The summed E-state index contributed by atoms with van der Waals surface area (Å²) in [5.74, 6) is 0. The fourth-order valence-electron chi connectivity index (χ4n) is 2.35. The Bertz CT molecular complexity index is 174. The van der Waals surface area contributed by atoms with Crippen LogP contribution in [0.25, 0.3) is 0 Å². The molecule has 0 bridgehead atoms. The fourth-order valence-corrected chi connectivity index (χ4v) is 2.35. The van der Waals surface area contributed by atoms with Gasteiger partial charge in [0.15, 0.2) is 0 Å². The van der Waals surface area contributed by atoms with Crippen molar-refractivity contribution in [3.05, 3.63) is 0 Å². The van der Waals surface area contributed by atoms with E-state index in [9.17, 15) is 5.11 Å². The Balaban J connectivity index is 1.77. The average Bonchev–Trinajstić information content (AvgIpc) is 2.85. The van der Waals surface area contributed by atoms with E-state index in [1.165, 1.54) is 32.2 Å². The molecule has 2 rings (SSSR count). The van der Waals surface area contributed by atoms with Gasteiger partial charge in [0.05, 0.1) is 6.10 Å². The molecule has 0 aromatic carbocycles. The van der Waals surface area contributed by atoms with Crippen LogP contribution in [0.4, 0.5) is 0 Å². The standard InChI is InChI=1S/C11H22N2O/c1-9(14)7-13(11-4-5-11)8-10-3-2-6-12-10/h9-12,14H,2-8H2,1H3/t9-,10?/m1/s1. The van der Waals surface area contributed by atoms with Crippen LogP contribution in [0.1, 0.15) is 32.6 Å². The van der Waals surface area contributed by atoms with Crippen molar-refractivity contribution in [2.75, 3.05) is 19.6 Å². The van der Waals surface area contributed by atoms with Crippen LogP contribution >= 0.6 is 0 Å². The van der Waals surface area contributed by atoms with Crippen molar-refractivity contribution >= 4 is 0 Å². The Morgan fingerprint density at radius 3 is 2.71 bits per heavy atom. The first kappa shape index (κ1) is 10.4. The first-order valence-electron chi connectivity index (χ1n) is 5.91. The highest BCUT2D eigenvalue weighted by atomic mass is 16.3. The Morgan fingerprint density at radius 1 is 1.43 bits per heavy atom. The van der Waals surface area contributed by atoms with E-state index >= 15 is 0 Å². The van der Waals surface area contributed by atoms with Crippen LogP contribution in [0.3, 0.4) is 0 Å². The van der Waals surface area contributed by atoms with Gasteiger partial charge in [-0.2, -0.15) is 0 Å². The van der Waals surface area contributed by atoms with E-state index in [0.717, 1.165) is 19.1 Å². The summed E-state index contributed by atoms with van der Waals surface area (Å²) in [6.45, 7) is 5.05. The monoisotopic (exact) mass is 198 g/mol. The molecule has 0 spiro atoms. The van der Waals surface area contributed by atoms with Gasteiger partial charge in [-0.3, -0.25) is 4.90 Å². The smallest absolute Gasteiger partial charge is 0.0639 e. The number of rotatable bonds is 5. The maximum absolute atomic E-state index is 9.41. The molecule has 3 heteroatoms. The van der Waals surface area contributed by atoms with Crippen LogP contribution in [0.15, 0.2) is 0 Å². The largest absolute Gasteiger partial charge is 0.392 e. The molecule has 2 aliphatic rings. The van der Waals surface area contributed by atoms with Crippen LogP contribution < -0.4 is 5.32 Å². The molecule has 2 N–H and O–H groups in total. The molecule has 1 aliphatic carbocycles. The highest BCUT2D eigenvalue weighted by Gasteiger charge is 2.31. The molecule has 2 atom stereocenters. The zero-order valence-corrected chi connectivity index (χ0v) is 9.08. The number of nitrogens with zero attached hydrogens (tertiary/aromatic N) is 1. The number of hydrogen-bond acceptors (Lipinski definition) is 3. The highest BCUT2D eigenvalue weighted by molar-refractivity contribution is 4.88. The maximum atomic E-state index is 9.41. The summed E-state index contributed by atoms with van der Waals surface area (Å²) in [4.78, 5) is 2.47. The third-order valence-electron chi connectivity index (χ3n) is 3.18. The normalized spacial score (nSPS) is 29.8. The Labute approximate surface area is 86.5 Å². The van der Waals surface area contributed by atoms with E-state index in [0.29, 0.717) is 6.04 Å². The highest BCUT2D eigenvalue weighted by Crippen LogP contribution is 2.27. The van der Waals surface area contributed by atoms with Crippen molar-refractivity contribution in [3.63, 3.8) is 0 Å². The first-order chi connectivity index (χ1) is 6.75. The van der Waals surface area contributed by atoms with Gasteiger partial charge in [-0.15, -0.1) is 0 Å². The Hall–Kier alpha value is -0.120. The number of aliphatic hydroxyl groups excluding tert-OH is 1. The van der Waals surface area contributed by atoms with Gasteiger partial charge in [-0.1, -0.05) is 0 Å². The molecule has 2 fully saturated rings. The minimum atomic E-state index is -0.183. The van der Waals surface area contributed by atoms with Crippen molar-refractivity contribution in [3.8, 4) is 0 Å². The van der Waals surface area contributed by atoms with Crippen LogP contribution in [-0.2, 0) is 0 Å². The maximum Gasteiger partial charge on any atom is 0.0639 e. The van der Waals surface area contributed by atoms with Crippen molar-refractivity contribution in [2.24, 2.45) is 0 Å². The summed E-state index contributed by atoms with van der Waals surface area (Å²) in [7, 11) is 0.